The lowest BCUT2D eigenvalue weighted by molar-refractivity contribution is -0.130. The number of nitrogens with two attached hydrogens (primary N) is 1. The molecule has 0 aliphatic heterocycles. The highest BCUT2D eigenvalue weighted by Gasteiger charge is 2.23. The van der Waals surface area contributed by atoms with Gasteiger partial charge in [-0.3, -0.25) is 4.79 Å². The number of nitrogen functional groups attached to an aromatic ring is 1. The molecule has 0 aromatic heterocycles. The van der Waals surface area contributed by atoms with Crippen LogP contribution in [0.4, 0.5) is 5.69 Å². The summed E-state index contributed by atoms with van der Waals surface area (Å²) in [5.41, 5.74) is 5.99. The third-order valence-corrected chi connectivity index (χ3v) is 2.62. The first-order valence-electron chi connectivity index (χ1n) is 6.60. The molecule has 0 fully saturated rings. The van der Waals surface area contributed by atoms with Crippen molar-refractivity contribution in [1.82, 2.24) is 5.32 Å². The van der Waals surface area contributed by atoms with Crippen LogP contribution in [0.25, 0.3) is 0 Å². The maximum absolute atomic E-state index is 12.0. The van der Waals surface area contributed by atoms with Crippen molar-refractivity contribution in [2.24, 2.45) is 0 Å². The first-order chi connectivity index (χ1) is 9.64. The van der Waals surface area contributed by atoms with Gasteiger partial charge in [-0.2, -0.15) is 0 Å². The number of benzene rings is 1. The normalized spacial score (nSPS) is 12.4. The number of ether oxygens (including phenoxy) is 2. The molecular weight excluding hydrogens is 272 g/mol. The molecule has 0 saturated heterocycles. The monoisotopic (exact) mass is 294 g/mol. The summed E-state index contributed by atoms with van der Waals surface area (Å²) in [7, 11) is 1.46. The predicted molar refractivity (Wildman–Crippen MR) is 80.2 cm³/mol. The number of hydrogen-bond donors (Lipinski definition) is 2. The van der Waals surface area contributed by atoms with Gasteiger partial charge in [-0.15, -0.1) is 0 Å². The van der Waals surface area contributed by atoms with E-state index in [2.05, 4.69) is 5.32 Å². The summed E-state index contributed by atoms with van der Waals surface area (Å²) in [6, 6.07) is 4.55. The van der Waals surface area contributed by atoms with Gasteiger partial charge in [-0.05, 0) is 45.9 Å². The zero-order valence-corrected chi connectivity index (χ0v) is 13.0. The average molecular weight is 294 g/mol. The van der Waals surface area contributed by atoms with Gasteiger partial charge in [0.05, 0.1) is 18.4 Å². The molecule has 0 radical (unpaired) electrons. The number of hydrogen-bond acceptors (Lipinski definition) is 5. The molecule has 1 rings (SSSR count). The molecule has 0 saturated carbocycles. The Balaban J connectivity index is 2.75. The highest BCUT2D eigenvalue weighted by molar-refractivity contribution is 5.93. The van der Waals surface area contributed by atoms with Crippen molar-refractivity contribution in [3.63, 3.8) is 0 Å². The molecule has 21 heavy (non-hydrogen) atoms. The number of carbonyl (C=O) groups excluding carboxylic acids is 2. The van der Waals surface area contributed by atoms with Gasteiger partial charge < -0.3 is 20.5 Å². The number of methoxy groups -OCH3 is 1. The Kier molecular flexibility index (Phi) is 5.18. The molecule has 6 nitrogen and oxygen atoms in total. The van der Waals surface area contributed by atoms with Gasteiger partial charge in [0, 0.05) is 5.54 Å². The van der Waals surface area contributed by atoms with E-state index >= 15 is 0 Å². The maximum atomic E-state index is 12.0. The zero-order chi connectivity index (χ0) is 16.2. The van der Waals surface area contributed by atoms with Crippen molar-refractivity contribution in [3.05, 3.63) is 23.8 Å². The van der Waals surface area contributed by atoms with Crippen LogP contribution in [0.5, 0.6) is 5.75 Å². The van der Waals surface area contributed by atoms with Crippen LogP contribution >= 0.6 is 0 Å². The predicted octanol–water partition coefficient (Wildman–Crippen LogP) is 1.74. The topological polar surface area (TPSA) is 90.6 Å². The number of amides is 1. The van der Waals surface area contributed by atoms with E-state index < -0.39 is 12.1 Å². The van der Waals surface area contributed by atoms with E-state index in [1.54, 1.807) is 6.07 Å². The Morgan fingerprint density at radius 3 is 2.43 bits per heavy atom. The van der Waals surface area contributed by atoms with E-state index in [-0.39, 0.29) is 17.0 Å². The van der Waals surface area contributed by atoms with Crippen molar-refractivity contribution in [2.45, 2.75) is 39.3 Å². The molecule has 1 unspecified atom stereocenters. The maximum Gasteiger partial charge on any atom is 0.339 e. The van der Waals surface area contributed by atoms with Crippen LogP contribution in [0.1, 0.15) is 38.1 Å². The summed E-state index contributed by atoms with van der Waals surface area (Å²) < 4.78 is 10.2. The van der Waals surface area contributed by atoms with Crippen LogP contribution in [0.2, 0.25) is 0 Å². The third kappa shape index (κ3) is 4.98. The Hall–Kier alpha value is -2.24. The summed E-state index contributed by atoms with van der Waals surface area (Å²) in [5.74, 6) is -0.570. The van der Waals surface area contributed by atoms with Crippen molar-refractivity contribution in [1.29, 1.82) is 0 Å². The summed E-state index contributed by atoms with van der Waals surface area (Å²) in [4.78, 5) is 23.9. The van der Waals surface area contributed by atoms with Crippen molar-refractivity contribution < 1.29 is 19.1 Å². The molecule has 0 bridgehead atoms. The van der Waals surface area contributed by atoms with Crippen molar-refractivity contribution in [3.8, 4) is 5.75 Å². The van der Waals surface area contributed by atoms with Crippen LogP contribution < -0.4 is 15.8 Å². The summed E-state index contributed by atoms with van der Waals surface area (Å²) in [5, 5.41) is 2.75. The van der Waals surface area contributed by atoms with Crippen LogP contribution in [0.3, 0.4) is 0 Å². The smallest absolute Gasteiger partial charge is 0.339 e. The molecule has 1 atom stereocenters. The lowest BCUT2D eigenvalue weighted by Crippen LogP contribution is -2.46. The molecular formula is C15H22N2O4. The number of nitrogens with one attached hydrogen (secondary N) is 1. The quantitative estimate of drug-likeness (QED) is 0.652. The Labute approximate surface area is 124 Å². The molecule has 0 aliphatic rings. The molecule has 6 heteroatoms. The summed E-state index contributed by atoms with van der Waals surface area (Å²) in [6.07, 6.45) is -0.889. The van der Waals surface area contributed by atoms with Gasteiger partial charge in [0.2, 0.25) is 0 Å². The Morgan fingerprint density at radius 1 is 1.29 bits per heavy atom. The minimum atomic E-state index is -0.889. The van der Waals surface area contributed by atoms with Crippen molar-refractivity contribution >= 4 is 17.6 Å². The number of anilines is 1. The SMILES string of the molecule is COc1cc(C(=O)OC(C)C(=O)NC(C)(C)C)ccc1N. The molecule has 1 aromatic carbocycles. The summed E-state index contributed by atoms with van der Waals surface area (Å²) in [6.45, 7) is 7.08. The first kappa shape index (κ1) is 16.8. The summed E-state index contributed by atoms with van der Waals surface area (Å²) >= 11 is 0. The van der Waals surface area contributed by atoms with E-state index in [0.717, 1.165) is 0 Å². The van der Waals surface area contributed by atoms with Gasteiger partial charge in [-0.1, -0.05) is 0 Å². The molecule has 116 valence electrons. The molecule has 0 aliphatic carbocycles. The first-order valence-corrected chi connectivity index (χ1v) is 6.60. The second-order valence-electron chi connectivity index (χ2n) is 5.74. The van der Waals surface area contributed by atoms with Crippen LogP contribution in [-0.2, 0) is 9.53 Å². The van der Waals surface area contributed by atoms with E-state index in [4.69, 9.17) is 15.2 Å². The lowest BCUT2D eigenvalue weighted by atomic mass is 10.1. The van der Waals surface area contributed by atoms with E-state index in [9.17, 15) is 9.59 Å². The Morgan fingerprint density at radius 2 is 1.90 bits per heavy atom. The van der Waals surface area contributed by atoms with Crippen LogP contribution in [-0.4, -0.2) is 30.6 Å². The second-order valence-corrected chi connectivity index (χ2v) is 5.74. The minimum Gasteiger partial charge on any atom is -0.495 e. The number of carbonyl (C=O) groups is 2. The van der Waals surface area contributed by atoms with Gasteiger partial charge in [0.25, 0.3) is 5.91 Å². The number of rotatable bonds is 4. The fourth-order valence-corrected chi connectivity index (χ4v) is 1.59. The zero-order valence-electron chi connectivity index (χ0n) is 13.0. The van der Waals surface area contributed by atoms with Gasteiger partial charge >= 0.3 is 5.97 Å². The fourth-order valence-electron chi connectivity index (χ4n) is 1.59. The van der Waals surface area contributed by atoms with Crippen LogP contribution in [0.15, 0.2) is 18.2 Å². The molecule has 1 aromatic rings. The van der Waals surface area contributed by atoms with E-state index in [1.807, 2.05) is 20.8 Å². The highest BCUT2D eigenvalue weighted by Crippen LogP contribution is 2.22. The number of esters is 1. The van der Waals surface area contributed by atoms with E-state index in [1.165, 1.54) is 26.2 Å². The van der Waals surface area contributed by atoms with Gasteiger partial charge in [0.1, 0.15) is 5.75 Å². The second kappa shape index (κ2) is 6.47. The van der Waals surface area contributed by atoms with Gasteiger partial charge in [-0.25, -0.2) is 4.79 Å². The molecule has 1 amide bonds. The average Bonchev–Trinajstić information content (AvgIpc) is 2.37. The fraction of sp³-hybridized carbons (Fsp3) is 0.467. The van der Waals surface area contributed by atoms with Crippen molar-refractivity contribution in [2.75, 3.05) is 12.8 Å². The van der Waals surface area contributed by atoms with Crippen LogP contribution in [0, 0.1) is 0 Å². The highest BCUT2D eigenvalue weighted by atomic mass is 16.5. The largest absolute Gasteiger partial charge is 0.495 e. The minimum absolute atomic E-state index is 0.274. The standard InChI is InChI=1S/C15H22N2O4/c1-9(13(18)17-15(2,3)4)21-14(19)10-6-7-11(16)12(8-10)20-5/h6-9H,16H2,1-5H3,(H,17,18). The van der Waals surface area contributed by atoms with Gasteiger partial charge in [0.15, 0.2) is 6.10 Å². The lowest BCUT2D eigenvalue weighted by Gasteiger charge is -2.23. The van der Waals surface area contributed by atoms with E-state index in [0.29, 0.717) is 11.4 Å². The molecule has 0 spiro atoms. The Bertz CT molecular complexity index is 535. The third-order valence-electron chi connectivity index (χ3n) is 2.62. The molecule has 3 N–H and O–H groups in total. The molecule has 0 heterocycles.